The molecule has 0 aromatic heterocycles. The zero-order chi connectivity index (χ0) is 27.5. The molecule has 0 unspecified atom stereocenters. The van der Waals surface area contributed by atoms with Crippen molar-refractivity contribution < 1.29 is 27.4 Å². The summed E-state index contributed by atoms with van der Waals surface area (Å²) >= 11 is 0. The minimum absolute atomic E-state index is 0.154. The summed E-state index contributed by atoms with van der Waals surface area (Å²) in [6, 6.07) is 19.4. The van der Waals surface area contributed by atoms with E-state index in [-0.39, 0.29) is 30.0 Å². The summed E-state index contributed by atoms with van der Waals surface area (Å²) in [6.45, 7) is 8.32. The van der Waals surface area contributed by atoms with Crippen molar-refractivity contribution in [2.75, 3.05) is 31.1 Å². The molecule has 0 saturated heterocycles. The number of carbonyl (C=O) groups excluding carboxylic acids is 1. The van der Waals surface area contributed by atoms with E-state index in [9.17, 15) is 13.2 Å². The normalized spacial score (nSPS) is 15.3. The Morgan fingerprint density at radius 2 is 1.74 bits per heavy atom. The van der Waals surface area contributed by atoms with Gasteiger partial charge in [-0.3, -0.25) is 9.10 Å². The first-order valence-electron chi connectivity index (χ1n) is 12.4. The van der Waals surface area contributed by atoms with E-state index < -0.39 is 22.0 Å². The number of ether oxygens (including phenoxy) is 3. The molecule has 0 radical (unpaired) electrons. The van der Waals surface area contributed by atoms with Crippen LogP contribution in [-0.2, 0) is 20.2 Å². The predicted octanol–water partition coefficient (Wildman–Crippen LogP) is 4.45. The van der Waals surface area contributed by atoms with Crippen molar-refractivity contribution in [3.05, 3.63) is 77.9 Å². The second-order valence-electron chi connectivity index (χ2n) is 10.2. The third-order valence-electron chi connectivity index (χ3n) is 6.32. The number of benzene rings is 3. The van der Waals surface area contributed by atoms with Gasteiger partial charge in [0.2, 0.25) is 0 Å². The van der Waals surface area contributed by atoms with Gasteiger partial charge >= 0.3 is 0 Å². The summed E-state index contributed by atoms with van der Waals surface area (Å²) in [6.07, 6.45) is -1.03. The van der Waals surface area contributed by atoms with Crippen LogP contribution in [0.15, 0.2) is 71.6 Å². The van der Waals surface area contributed by atoms with Crippen LogP contribution in [-0.4, -0.2) is 47.2 Å². The van der Waals surface area contributed by atoms with Crippen LogP contribution in [0.1, 0.15) is 31.9 Å². The molecule has 1 aliphatic heterocycles. The van der Waals surface area contributed by atoms with Gasteiger partial charge in [-0.1, -0.05) is 56.7 Å². The Balaban J connectivity index is 1.55. The van der Waals surface area contributed by atoms with Gasteiger partial charge in [0.25, 0.3) is 15.9 Å². The lowest BCUT2D eigenvalue weighted by atomic mass is 9.86. The number of methoxy groups -OCH3 is 1. The van der Waals surface area contributed by atoms with Crippen LogP contribution in [0, 0.1) is 6.92 Å². The number of rotatable bonds is 8. The van der Waals surface area contributed by atoms with Gasteiger partial charge in [-0.25, -0.2) is 8.42 Å². The van der Waals surface area contributed by atoms with Crippen molar-refractivity contribution in [3.8, 4) is 17.2 Å². The van der Waals surface area contributed by atoms with Crippen molar-refractivity contribution in [2.45, 2.75) is 44.1 Å². The molecule has 1 aliphatic rings. The van der Waals surface area contributed by atoms with Crippen molar-refractivity contribution in [1.82, 2.24) is 5.32 Å². The lowest BCUT2D eigenvalue weighted by molar-refractivity contribution is -0.127. The number of anilines is 1. The Morgan fingerprint density at radius 1 is 1.05 bits per heavy atom. The fraction of sp³-hybridized carbons (Fsp3) is 0.345. The lowest BCUT2D eigenvalue weighted by Gasteiger charge is -2.36. The number of sulfonamides is 1. The molecule has 1 amide bonds. The molecule has 3 aromatic carbocycles. The van der Waals surface area contributed by atoms with Gasteiger partial charge in [0, 0.05) is 0 Å². The molecule has 202 valence electrons. The Hall–Kier alpha value is -3.72. The Labute approximate surface area is 224 Å². The molecule has 9 heteroatoms. The summed E-state index contributed by atoms with van der Waals surface area (Å²) in [5.74, 6) is 1.07. The Bertz CT molecular complexity index is 1400. The van der Waals surface area contributed by atoms with Gasteiger partial charge in [0.05, 0.1) is 30.8 Å². The van der Waals surface area contributed by atoms with E-state index in [0.29, 0.717) is 22.9 Å². The molecular weight excluding hydrogens is 504 g/mol. The molecule has 1 atom stereocenters. The van der Waals surface area contributed by atoms with E-state index in [1.807, 2.05) is 31.2 Å². The third kappa shape index (κ3) is 5.88. The van der Waals surface area contributed by atoms with Crippen LogP contribution in [0.3, 0.4) is 0 Å². The fourth-order valence-electron chi connectivity index (χ4n) is 4.11. The number of hydrogen-bond donors (Lipinski definition) is 1. The standard InChI is InChI=1S/C29H34N2O6S/c1-20-10-13-22(14-11-20)38(33,34)31-19-27(37-24-15-12-21(18-23(24)31)29(2,3)4)28(32)30-16-17-36-26-9-7-6-8-25(26)35-5/h6-15,18,27H,16-17,19H2,1-5H3,(H,30,32)/t27-/m0/s1. The summed E-state index contributed by atoms with van der Waals surface area (Å²) in [5.41, 5.74) is 2.13. The van der Waals surface area contributed by atoms with Crippen molar-refractivity contribution in [2.24, 2.45) is 0 Å². The average Bonchev–Trinajstić information content (AvgIpc) is 2.89. The smallest absolute Gasteiger partial charge is 0.264 e. The highest BCUT2D eigenvalue weighted by molar-refractivity contribution is 7.92. The van der Waals surface area contributed by atoms with E-state index in [0.717, 1.165) is 11.1 Å². The number of hydrogen-bond acceptors (Lipinski definition) is 6. The maximum Gasteiger partial charge on any atom is 0.264 e. The van der Waals surface area contributed by atoms with Crippen LogP contribution < -0.4 is 23.8 Å². The molecule has 4 rings (SSSR count). The highest BCUT2D eigenvalue weighted by atomic mass is 32.2. The number of amides is 1. The van der Waals surface area contributed by atoms with Crippen LogP contribution in [0.25, 0.3) is 0 Å². The predicted molar refractivity (Wildman–Crippen MR) is 147 cm³/mol. The highest BCUT2D eigenvalue weighted by Gasteiger charge is 2.38. The minimum atomic E-state index is -3.96. The number of fused-ring (bicyclic) bond motifs is 1. The Morgan fingerprint density at radius 3 is 2.39 bits per heavy atom. The topological polar surface area (TPSA) is 94.2 Å². The first kappa shape index (κ1) is 27.3. The molecule has 0 saturated carbocycles. The van der Waals surface area contributed by atoms with E-state index in [1.54, 1.807) is 49.6 Å². The van der Waals surface area contributed by atoms with E-state index >= 15 is 0 Å². The summed E-state index contributed by atoms with van der Waals surface area (Å²) < 4.78 is 45.8. The monoisotopic (exact) mass is 538 g/mol. The first-order chi connectivity index (χ1) is 18.0. The maximum atomic E-state index is 13.8. The van der Waals surface area contributed by atoms with Gasteiger partial charge in [0.1, 0.15) is 12.4 Å². The van der Waals surface area contributed by atoms with E-state index in [4.69, 9.17) is 14.2 Å². The van der Waals surface area contributed by atoms with Gasteiger partial charge in [-0.2, -0.15) is 0 Å². The molecular formula is C29H34N2O6S. The summed E-state index contributed by atoms with van der Waals surface area (Å²) in [7, 11) is -2.40. The third-order valence-corrected chi connectivity index (χ3v) is 8.12. The zero-order valence-corrected chi connectivity index (χ0v) is 23.2. The number of para-hydroxylation sites is 2. The molecule has 8 nitrogen and oxygen atoms in total. The SMILES string of the molecule is COc1ccccc1OCCNC(=O)[C@@H]1CN(S(=O)(=O)c2ccc(C)cc2)c2cc(C(C)(C)C)ccc2O1. The molecule has 1 heterocycles. The second-order valence-corrected chi connectivity index (χ2v) is 12.0. The number of nitrogens with zero attached hydrogens (tertiary/aromatic N) is 1. The molecule has 1 N–H and O–H groups in total. The molecule has 0 fully saturated rings. The van der Waals surface area contributed by atoms with Crippen molar-refractivity contribution in [1.29, 1.82) is 0 Å². The first-order valence-corrected chi connectivity index (χ1v) is 13.9. The van der Waals surface area contributed by atoms with Gasteiger partial charge < -0.3 is 19.5 Å². The van der Waals surface area contributed by atoms with Crippen LogP contribution in [0.5, 0.6) is 17.2 Å². The molecule has 0 bridgehead atoms. The number of aryl methyl sites for hydroxylation is 1. The van der Waals surface area contributed by atoms with E-state index in [1.165, 1.54) is 4.31 Å². The summed E-state index contributed by atoms with van der Waals surface area (Å²) in [4.78, 5) is 13.2. The Kier molecular flexibility index (Phi) is 7.87. The van der Waals surface area contributed by atoms with E-state index in [2.05, 4.69) is 26.1 Å². The quantitative estimate of drug-likeness (QED) is 0.426. The van der Waals surface area contributed by atoms with Gasteiger partial charge in [0.15, 0.2) is 17.6 Å². The van der Waals surface area contributed by atoms with Crippen LogP contribution >= 0.6 is 0 Å². The average molecular weight is 539 g/mol. The molecule has 38 heavy (non-hydrogen) atoms. The van der Waals surface area contributed by atoms with Crippen molar-refractivity contribution >= 4 is 21.6 Å². The van der Waals surface area contributed by atoms with Crippen LogP contribution in [0.4, 0.5) is 5.69 Å². The number of carbonyl (C=O) groups is 1. The fourth-order valence-corrected chi connectivity index (χ4v) is 5.57. The molecule has 3 aromatic rings. The lowest BCUT2D eigenvalue weighted by Crippen LogP contribution is -2.51. The minimum Gasteiger partial charge on any atom is -0.493 e. The van der Waals surface area contributed by atoms with Crippen molar-refractivity contribution in [3.63, 3.8) is 0 Å². The second kappa shape index (κ2) is 10.9. The van der Waals surface area contributed by atoms with Gasteiger partial charge in [-0.15, -0.1) is 0 Å². The molecule has 0 spiro atoms. The summed E-state index contributed by atoms with van der Waals surface area (Å²) in [5, 5.41) is 2.79. The maximum absolute atomic E-state index is 13.8. The highest BCUT2D eigenvalue weighted by Crippen LogP contribution is 2.40. The largest absolute Gasteiger partial charge is 0.493 e. The van der Waals surface area contributed by atoms with Gasteiger partial charge in [-0.05, 0) is 54.3 Å². The zero-order valence-electron chi connectivity index (χ0n) is 22.4. The van der Waals surface area contributed by atoms with Crippen LogP contribution in [0.2, 0.25) is 0 Å². The molecule has 0 aliphatic carbocycles. The number of nitrogens with one attached hydrogen (secondary N) is 1.